The van der Waals surface area contributed by atoms with Crippen LogP contribution in [0.1, 0.15) is 19.8 Å². The molecule has 24 heavy (non-hydrogen) atoms. The van der Waals surface area contributed by atoms with Gasteiger partial charge in [0.1, 0.15) is 5.75 Å². The molecule has 2 aromatic rings. The van der Waals surface area contributed by atoms with Crippen molar-refractivity contribution in [2.45, 2.75) is 19.8 Å². The maximum atomic E-state index is 12.0. The lowest BCUT2D eigenvalue weighted by molar-refractivity contribution is -0.132. The third-order valence-electron chi connectivity index (χ3n) is 3.74. The van der Waals surface area contributed by atoms with E-state index in [1.807, 2.05) is 0 Å². The van der Waals surface area contributed by atoms with E-state index in [0.717, 1.165) is 0 Å². The third-order valence-corrected chi connectivity index (χ3v) is 3.74. The number of anilines is 1. The molecule has 0 atom stereocenters. The SMILES string of the molecule is COc1ccccc1-c1oc(N2CCCC2=O)c(OC(C)=O)c1O. The number of hydrogen-bond donors (Lipinski definition) is 1. The van der Waals surface area contributed by atoms with Crippen molar-refractivity contribution in [1.82, 2.24) is 0 Å². The number of rotatable bonds is 4. The van der Waals surface area contributed by atoms with Gasteiger partial charge in [-0.3, -0.25) is 14.5 Å². The van der Waals surface area contributed by atoms with Crippen LogP contribution in [0.2, 0.25) is 0 Å². The molecule has 0 unspecified atom stereocenters. The van der Waals surface area contributed by atoms with Crippen molar-refractivity contribution in [2.75, 3.05) is 18.6 Å². The van der Waals surface area contributed by atoms with Crippen LogP contribution >= 0.6 is 0 Å². The molecule has 1 fully saturated rings. The van der Waals surface area contributed by atoms with Gasteiger partial charge >= 0.3 is 5.97 Å². The van der Waals surface area contributed by atoms with Crippen molar-refractivity contribution in [3.05, 3.63) is 24.3 Å². The number of carbonyl (C=O) groups excluding carboxylic acids is 2. The quantitative estimate of drug-likeness (QED) is 0.867. The monoisotopic (exact) mass is 331 g/mol. The average molecular weight is 331 g/mol. The number of aromatic hydroxyl groups is 1. The van der Waals surface area contributed by atoms with E-state index >= 15 is 0 Å². The van der Waals surface area contributed by atoms with E-state index in [9.17, 15) is 14.7 Å². The van der Waals surface area contributed by atoms with Crippen LogP contribution < -0.4 is 14.4 Å². The zero-order chi connectivity index (χ0) is 17.3. The third kappa shape index (κ3) is 2.68. The molecule has 0 bridgehead atoms. The van der Waals surface area contributed by atoms with Crippen LogP contribution in [0.15, 0.2) is 28.7 Å². The molecule has 1 aromatic carbocycles. The first-order valence-corrected chi connectivity index (χ1v) is 7.51. The molecule has 1 aliphatic rings. The van der Waals surface area contributed by atoms with E-state index in [-0.39, 0.29) is 29.1 Å². The fraction of sp³-hybridized carbons (Fsp3) is 0.294. The first kappa shape index (κ1) is 15.9. The van der Waals surface area contributed by atoms with Gasteiger partial charge in [0.05, 0.1) is 12.7 Å². The van der Waals surface area contributed by atoms with Gasteiger partial charge in [0, 0.05) is 19.9 Å². The van der Waals surface area contributed by atoms with Gasteiger partial charge in [0.15, 0.2) is 5.76 Å². The zero-order valence-electron chi connectivity index (χ0n) is 13.4. The van der Waals surface area contributed by atoms with Gasteiger partial charge in [0.25, 0.3) is 5.88 Å². The summed E-state index contributed by atoms with van der Waals surface area (Å²) in [6.45, 7) is 1.65. The van der Waals surface area contributed by atoms with E-state index in [4.69, 9.17) is 13.9 Å². The Morgan fingerprint density at radius 1 is 1.33 bits per heavy atom. The minimum absolute atomic E-state index is 0.0334. The first-order valence-electron chi connectivity index (χ1n) is 7.51. The van der Waals surface area contributed by atoms with Gasteiger partial charge in [-0.2, -0.15) is 0 Å². The fourth-order valence-electron chi connectivity index (χ4n) is 2.69. The molecule has 126 valence electrons. The highest BCUT2D eigenvalue weighted by molar-refractivity contribution is 5.97. The lowest BCUT2D eigenvalue weighted by Crippen LogP contribution is -2.24. The van der Waals surface area contributed by atoms with Gasteiger partial charge in [-0.1, -0.05) is 12.1 Å². The largest absolute Gasteiger partial charge is 0.502 e. The lowest BCUT2D eigenvalue weighted by Gasteiger charge is -2.13. The Kier molecular flexibility index (Phi) is 4.16. The highest BCUT2D eigenvalue weighted by Gasteiger charge is 2.33. The molecule has 7 nitrogen and oxygen atoms in total. The normalized spacial score (nSPS) is 14.1. The van der Waals surface area contributed by atoms with E-state index in [1.54, 1.807) is 24.3 Å². The summed E-state index contributed by atoms with van der Waals surface area (Å²) in [7, 11) is 1.50. The van der Waals surface area contributed by atoms with Crippen LogP contribution in [-0.4, -0.2) is 30.6 Å². The Hall–Kier alpha value is -2.96. The molecule has 1 aromatic heterocycles. The molecule has 1 saturated heterocycles. The number of benzene rings is 1. The lowest BCUT2D eigenvalue weighted by atomic mass is 10.1. The molecule has 0 radical (unpaired) electrons. The maximum Gasteiger partial charge on any atom is 0.308 e. The second-order valence-electron chi connectivity index (χ2n) is 5.36. The summed E-state index contributed by atoms with van der Waals surface area (Å²) in [6.07, 6.45) is 1.05. The van der Waals surface area contributed by atoms with Crippen molar-refractivity contribution in [2.24, 2.45) is 0 Å². The van der Waals surface area contributed by atoms with E-state index in [1.165, 1.54) is 18.9 Å². The Morgan fingerprint density at radius 3 is 2.71 bits per heavy atom. The predicted octanol–water partition coefficient (Wildman–Crippen LogP) is 2.71. The minimum atomic E-state index is -0.620. The molecule has 2 heterocycles. The molecule has 0 aliphatic carbocycles. The Labute approximate surface area is 138 Å². The first-order chi connectivity index (χ1) is 11.5. The van der Waals surface area contributed by atoms with Crippen LogP contribution in [0.5, 0.6) is 17.2 Å². The summed E-state index contributed by atoms with van der Waals surface area (Å²) in [5.74, 6) is -0.669. The van der Waals surface area contributed by atoms with Crippen molar-refractivity contribution >= 4 is 17.8 Å². The second-order valence-corrected chi connectivity index (χ2v) is 5.36. The second kappa shape index (κ2) is 6.27. The van der Waals surface area contributed by atoms with Crippen molar-refractivity contribution in [1.29, 1.82) is 0 Å². The van der Waals surface area contributed by atoms with E-state index in [0.29, 0.717) is 30.7 Å². The number of furan rings is 1. The molecule has 1 aliphatic heterocycles. The number of ether oxygens (including phenoxy) is 2. The molecular weight excluding hydrogens is 314 g/mol. The van der Waals surface area contributed by atoms with Crippen LogP contribution in [0.3, 0.4) is 0 Å². The van der Waals surface area contributed by atoms with Crippen LogP contribution in [0.25, 0.3) is 11.3 Å². The van der Waals surface area contributed by atoms with Crippen molar-refractivity contribution in [3.8, 4) is 28.6 Å². The highest BCUT2D eigenvalue weighted by Crippen LogP contribution is 2.50. The number of amides is 1. The molecule has 3 rings (SSSR count). The number of esters is 1. The number of nitrogens with zero attached hydrogens (tertiary/aromatic N) is 1. The van der Waals surface area contributed by atoms with Gasteiger partial charge in [-0.15, -0.1) is 0 Å². The Balaban J connectivity index is 2.16. The van der Waals surface area contributed by atoms with Crippen molar-refractivity contribution < 1.29 is 28.6 Å². The molecule has 1 amide bonds. The minimum Gasteiger partial charge on any atom is -0.502 e. The summed E-state index contributed by atoms with van der Waals surface area (Å²) < 4.78 is 16.1. The van der Waals surface area contributed by atoms with Gasteiger partial charge in [0.2, 0.25) is 17.4 Å². The molecule has 0 saturated carbocycles. The fourth-order valence-corrected chi connectivity index (χ4v) is 2.69. The zero-order valence-corrected chi connectivity index (χ0v) is 13.4. The summed E-state index contributed by atoms with van der Waals surface area (Å²) in [5.41, 5.74) is 0.490. The summed E-state index contributed by atoms with van der Waals surface area (Å²) in [6, 6.07) is 6.94. The standard InChI is InChI=1S/C17H17NO6/c1-10(19)23-16-14(21)15(11-6-3-4-7-12(11)22-2)24-17(16)18-9-5-8-13(18)20/h3-4,6-7,21H,5,8-9H2,1-2H3. The molecular formula is C17H17NO6. The van der Waals surface area contributed by atoms with Gasteiger partial charge in [-0.05, 0) is 18.6 Å². The van der Waals surface area contributed by atoms with Crippen LogP contribution in [-0.2, 0) is 9.59 Å². The number of hydrogen-bond acceptors (Lipinski definition) is 6. The van der Waals surface area contributed by atoms with Gasteiger partial charge < -0.3 is 19.0 Å². The Bertz CT molecular complexity index is 794. The Morgan fingerprint density at radius 2 is 2.08 bits per heavy atom. The van der Waals surface area contributed by atoms with Crippen LogP contribution in [0.4, 0.5) is 5.88 Å². The predicted molar refractivity (Wildman–Crippen MR) is 85.3 cm³/mol. The molecule has 0 spiro atoms. The topological polar surface area (TPSA) is 89.2 Å². The van der Waals surface area contributed by atoms with E-state index in [2.05, 4.69) is 0 Å². The number of methoxy groups -OCH3 is 1. The number of para-hydroxylation sites is 1. The highest BCUT2D eigenvalue weighted by atomic mass is 16.6. The average Bonchev–Trinajstić information content (AvgIpc) is 3.11. The summed E-state index contributed by atoms with van der Waals surface area (Å²) in [4.78, 5) is 24.8. The summed E-state index contributed by atoms with van der Waals surface area (Å²) in [5, 5.41) is 10.5. The van der Waals surface area contributed by atoms with Gasteiger partial charge in [-0.25, -0.2) is 0 Å². The summed E-state index contributed by atoms with van der Waals surface area (Å²) >= 11 is 0. The van der Waals surface area contributed by atoms with E-state index < -0.39 is 5.97 Å². The maximum absolute atomic E-state index is 12.0. The molecule has 1 N–H and O–H groups in total. The van der Waals surface area contributed by atoms with Crippen LogP contribution in [0, 0.1) is 0 Å². The van der Waals surface area contributed by atoms with Crippen molar-refractivity contribution in [3.63, 3.8) is 0 Å². The number of carbonyl (C=O) groups is 2. The smallest absolute Gasteiger partial charge is 0.308 e. The molecule has 7 heteroatoms.